The molecule has 0 N–H and O–H groups in total. The second-order valence-corrected chi connectivity index (χ2v) is 5.59. The topological polar surface area (TPSA) is 18.5 Å². The summed E-state index contributed by atoms with van der Waals surface area (Å²) in [6.07, 6.45) is 3.70. The first-order valence-corrected chi connectivity index (χ1v) is 7.00. The Morgan fingerprint density at radius 1 is 1.22 bits per heavy atom. The van der Waals surface area contributed by atoms with E-state index in [1.165, 1.54) is 24.8 Å². The Bertz CT molecular complexity index is 414. The second kappa shape index (κ2) is 5.21. The Morgan fingerprint density at radius 3 is 2.61 bits per heavy atom. The third-order valence-electron chi connectivity index (χ3n) is 4.57. The fourth-order valence-electron chi connectivity index (χ4n) is 2.86. The zero-order valence-electron chi connectivity index (χ0n) is 12.0. The van der Waals surface area contributed by atoms with Gasteiger partial charge in [-0.05, 0) is 35.4 Å². The highest BCUT2D eigenvalue weighted by Gasteiger charge is 2.30. The van der Waals surface area contributed by atoms with Crippen molar-refractivity contribution in [3.05, 3.63) is 23.8 Å². The molecule has 2 heteroatoms. The fraction of sp³-hybridized carbons (Fsp3) is 0.625. The van der Waals surface area contributed by atoms with Crippen molar-refractivity contribution in [2.45, 2.75) is 52.9 Å². The molecule has 1 heterocycles. The van der Waals surface area contributed by atoms with Gasteiger partial charge in [0.1, 0.15) is 0 Å². The lowest BCUT2D eigenvalue weighted by molar-refractivity contribution is 0.173. The van der Waals surface area contributed by atoms with Crippen LogP contribution in [0, 0.1) is 5.41 Å². The van der Waals surface area contributed by atoms with E-state index in [0.717, 1.165) is 11.5 Å². The Kier molecular flexibility index (Phi) is 3.84. The predicted octanol–water partition coefficient (Wildman–Crippen LogP) is 4.74. The van der Waals surface area contributed by atoms with Gasteiger partial charge in [-0.2, -0.15) is 0 Å². The summed E-state index contributed by atoms with van der Waals surface area (Å²) in [7, 11) is 0. The van der Waals surface area contributed by atoms with Crippen LogP contribution in [0.4, 0.5) is 0 Å². The van der Waals surface area contributed by atoms with E-state index in [9.17, 15) is 0 Å². The van der Waals surface area contributed by atoms with Crippen molar-refractivity contribution in [1.29, 1.82) is 0 Å². The van der Waals surface area contributed by atoms with Gasteiger partial charge in [0.05, 0.1) is 0 Å². The molecule has 0 amide bonds. The number of benzene rings is 1. The van der Waals surface area contributed by atoms with Gasteiger partial charge < -0.3 is 9.47 Å². The van der Waals surface area contributed by atoms with Gasteiger partial charge in [0.2, 0.25) is 6.79 Å². The molecule has 0 radical (unpaired) electrons. The summed E-state index contributed by atoms with van der Waals surface area (Å²) in [6.45, 7) is 9.63. The van der Waals surface area contributed by atoms with E-state index in [1.54, 1.807) is 0 Å². The van der Waals surface area contributed by atoms with Gasteiger partial charge in [-0.1, -0.05) is 46.6 Å². The fourth-order valence-corrected chi connectivity index (χ4v) is 2.86. The number of ether oxygens (including phenoxy) is 2. The molecule has 0 saturated carbocycles. The highest BCUT2D eigenvalue weighted by Crippen LogP contribution is 2.44. The molecule has 0 aromatic heterocycles. The first-order chi connectivity index (χ1) is 8.60. The van der Waals surface area contributed by atoms with E-state index in [2.05, 4.69) is 39.8 Å². The molecule has 1 aromatic carbocycles. The monoisotopic (exact) mass is 248 g/mol. The molecule has 0 saturated heterocycles. The molecule has 1 aromatic rings. The molecule has 0 aliphatic carbocycles. The molecule has 2 nitrogen and oxygen atoms in total. The minimum atomic E-state index is 0.354. The van der Waals surface area contributed by atoms with Crippen LogP contribution in [0.1, 0.15) is 58.4 Å². The third-order valence-corrected chi connectivity index (χ3v) is 4.57. The van der Waals surface area contributed by atoms with Crippen molar-refractivity contribution in [2.24, 2.45) is 5.41 Å². The van der Waals surface area contributed by atoms with Crippen LogP contribution in [-0.2, 0) is 0 Å². The molecule has 2 unspecified atom stereocenters. The Balaban J connectivity index is 2.25. The van der Waals surface area contributed by atoms with Crippen LogP contribution in [-0.4, -0.2) is 6.79 Å². The van der Waals surface area contributed by atoms with Crippen molar-refractivity contribution in [3.63, 3.8) is 0 Å². The van der Waals surface area contributed by atoms with Crippen LogP contribution in [0.25, 0.3) is 0 Å². The molecular weight excluding hydrogens is 224 g/mol. The van der Waals surface area contributed by atoms with Gasteiger partial charge in [-0.3, -0.25) is 0 Å². The van der Waals surface area contributed by atoms with Crippen molar-refractivity contribution in [3.8, 4) is 11.5 Å². The van der Waals surface area contributed by atoms with Crippen molar-refractivity contribution in [1.82, 2.24) is 0 Å². The van der Waals surface area contributed by atoms with E-state index in [0.29, 0.717) is 18.1 Å². The lowest BCUT2D eigenvalue weighted by Gasteiger charge is -2.35. The van der Waals surface area contributed by atoms with Crippen LogP contribution < -0.4 is 9.47 Å². The summed E-state index contributed by atoms with van der Waals surface area (Å²) in [5, 5.41) is 0. The molecular formula is C16H24O2. The first kappa shape index (κ1) is 13.3. The summed E-state index contributed by atoms with van der Waals surface area (Å²) in [4.78, 5) is 0. The normalized spacial score (nSPS) is 18.4. The average Bonchev–Trinajstić information content (AvgIpc) is 2.85. The number of rotatable bonds is 5. The number of hydrogen-bond acceptors (Lipinski definition) is 2. The molecule has 2 rings (SSSR count). The van der Waals surface area contributed by atoms with E-state index in [4.69, 9.17) is 9.47 Å². The summed E-state index contributed by atoms with van der Waals surface area (Å²) in [5.74, 6) is 2.31. The van der Waals surface area contributed by atoms with Crippen LogP contribution in [0.2, 0.25) is 0 Å². The predicted molar refractivity (Wildman–Crippen MR) is 74.3 cm³/mol. The van der Waals surface area contributed by atoms with Crippen LogP contribution >= 0.6 is 0 Å². The van der Waals surface area contributed by atoms with Gasteiger partial charge in [0.15, 0.2) is 11.5 Å². The summed E-state index contributed by atoms with van der Waals surface area (Å²) in [6, 6.07) is 6.37. The van der Waals surface area contributed by atoms with Crippen molar-refractivity contribution in [2.75, 3.05) is 6.79 Å². The molecule has 0 fully saturated rings. The van der Waals surface area contributed by atoms with E-state index >= 15 is 0 Å². The Labute approximate surface area is 110 Å². The lowest BCUT2D eigenvalue weighted by atomic mass is 9.70. The zero-order valence-corrected chi connectivity index (χ0v) is 12.0. The standard InChI is InChI=1S/C16H24O2/c1-5-9-16(4,6-2)12(3)13-7-8-14-15(10-13)18-11-17-14/h7-8,10,12H,5-6,9,11H2,1-4H3. The third kappa shape index (κ3) is 2.33. The van der Waals surface area contributed by atoms with Gasteiger partial charge in [0, 0.05) is 0 Å². The van der Waals surface area contributed by atoms with Crippen LogP contribution in [0.5, 0.6) is 11.5 Å². The highest BCUT2D eigenvalue weighted by molar-refractivity contribution is 5.45. The van der Waals surface area contributed by atoms with E-state index in [1.807, 2.05) is 6.07 Å². The number of fused-ring (bicyclic) bond motifs is 1. The lowest BCUT2D eigenvalue weighted by Crippen LogP contribution is -2.22. The highest BCUT2D eigenvalue weighted by atomic mass is 16.7. The Morgan fingerprint density at radius 2 is 1.94 bits per heavy atom. The molecule has 0 spiro atoms. The van der Waals surface area contributed by atoms with Gasteiger partial charge in [-0.15, -0.1) is 0 Å². The van der Waals surface area contributed by atoms with Crippen LogP contribution in [0.3, 0.4) is 0 Å². The molecule has 0 bridgehead atoms. The molecule has 2 atom stereocenters. The van der Waals surface area contributed by atoms with Crippen molar-refractivity contribution >= 4 is 0 Å². The zero-order chi connectivity index (χ0) is 13.2. The van der Waals surface area contributed by atoms with Crippen LogP contribution in [0.15, 0.2) is 18.2 Å². The maximum atomic E-state index is 5.47. The first-order valence-electron chi connectivity index (χ1n) is 7.00. The van der Waals surface area contributed by atoms with Gasteiger partial charge in [0.25, 0.3) is 0 Å². The maximum Gasteiger partial charge on any atom is 0.231 e. The largest absolute Gasteiger partial charge is 0.454 e. The SMILES string of the molecule is CCCC(C)(CC)C(C)c1ccc2c(c1)OCO2. The van der Waals surface area contributed by atoms with E-state index in [-0.39, 0.29) is 0 Å². The maximum absolute atomic E-state index is 5.47. The molecule has 18 heavy (non-hydrogen) atoms. The molecule has 1 aliphatic rings. The minimum Gasteiger partial charge on any atom is -0.454 e. The van der Waals surface area contributed by atoms with Gasteiger partial charge in [-0.25, -0.2) is 0 Å². The average molecular weight is 248 g/mol. The smallest absolute Gasteiger partial charge is 0.231 e. The molecule has 1 aliphatic heterocycles. The van der Waals surface area contributed by atoms with Gasteiger partial charge >= 0.3 is 0 Å². The summed E-state index contributed by atoms with van der Waals surface area (Å²) < 4.78 is 10.8. The summed E-state index contributed by atoms with van der Waals surface area (Å²) in [5.41, 5.74) is 1.72. The minimum absolute atomic E-state index is 0.354. The quantitative estimate of drug-likeness (QED) is 0.749. The Hall–Kier alpha value is -1.18. The molecule has 100 valence electrons. The van der Waals surface area contributed by atoms with Crippen molar-refractivity contribution < 1.29 is 9.47 Å². The second-order valence-electron chi connectivity index (χ2n) is 5.59. The summed E-state index contributed by atoms with van der Waals surface area (Å²) >= 11 is 0. The van der Waals surface area contributed by atoms with E-state index < -0.39 is 0 Å². The number of hydrogen-bond donors (Lipinski definition) is 0.